The van der Waals surface area contributed by atoms with Crippen molar-refractivity contribution in [1.82, 2.24) is 0 Å². The summed E-state index contributed by atoms with van der Waals surface area (Å²) in [7, 11) is 0. The van der Waals surface area contributed by atoms with Gasteiger partial charge in [0.1, 0.15) is 0 Å². The van der Waals surface area contributed by atoms with Crippen molar-refractivity contribution in [2.45, 2.75) is 19.8 Å². The molecule has 62 valence electrons. The Labute approximate surface area is 86.8 Å². The first-order valence-corrected chi connectivity index (χ1v) is 5.29. The minimum atomic E-state index is 1.22. The van der Waals surface area contributed by atoms with Crippen LogP contribution in [0.15, 0.2) is 23.8 Å². The van der Waals surface area contributed by atoms with Crippen molar-refractivity contribution in [3.05, 3.63) is 38.5 Å². The fraction of sp³-hybridized carbons (Fsp3) is 0.273. The van der Waals surface area contributed by atoms with Crippen LogP contribution in [-0.4, -0.2) is 0 Å². The van der Waals surface area contributed by atoms with Crippen LogP contribution in [0.3, 0.4) is 0 Å². The van der Waals surface area contributed by atoms with E-state index in [1.807, 2.05) is 0 Å². The summed E-state index contributed by atoms with van der Waals surface area (Å²) in [6, 6.07) is 6.69. The Balaban J connectivity index is 2.51. The molecule has 0 aromatic heterocycles. The molecule has 0 spiro atoms. The Kier molecular flexibility index (Phi) is 2.22. The monoisotopic (exact) mass is 270 g/mol. The average molecular weight is 270 g/mol. The average Bonchev–Trinajstić information content (AvgIpc) is 2.05. The second-order valence-corrected chi connectivity index (χ2v) is 4.58. The highest BCUT2D eigenvalue weighted by Gasteiger charge is 2.06. The summed E-state index contributed by atoms with van der Waals surface area (Å²) in [5.41, 5.74) is 4.43. The quantitative estimate of drug-likeness (QED) is 0.631. The lowest BCUT2D eigenvalue weighted by atomic mass is 9.93. The zero-order valence-corrected chi connectivity index (χ0v) is 9.26. The Morgan fingerprint density at radius 1 is 1.25 bits per heavy atom. The fourth-order valence-electron chi connectivity index (χ4n) is 1.60. The highest BCUT2D eigenvalue weighted by atomic mass is 127. The minimum Gasteiger partial charge on any atom is -0.0724 e. The highest BCUT2D eigenvalue weighted by molar-refractivity contribution is 14.1. The minimum absolute atomic E-state index is 1.22. The lowest BCUT2D eigenvalue weighted by molar-refractivity contribution is 0.926. The SMILES string of the molecule is CC1=Cc2ccc(I)cc2CC1. The number of halogens is 1. The molecule has 0 radical (unpaired) electrons. The van der Waals surface area contributed by atoms with Gasteiger partial charge in [0.25, 0.3) is 0 Å². The Morgan fingerprint density at radius 2 is 2.08 bits per heavy atom. The van der Waals surface area contributed by atoms with Gasteiger partial charge in [-0.15, -0.1) is 0 Å². The second kappa shape index (κ2) is 3.21. The number of fused-ring (bicyclic) bond motifs is 1. The molecule has 0 unspecified atom stereocenters. The summed E-state index contributed by atoms with van der Waals surface area (Å²) >= 11 is 2.37. The fourth-order valence-corrected chi connectivity index (χ4v) is 2.16. The molecule has 0 bridgehead atoms. The lowest BCUT2D eigenvalue weighted by Crippen LogP contribution is -1.97. The third-order valence-corrected chi connectivity index (χ3v) is 2.97. The van der Waals surface area contributed by atoms with Crippen molar-refractivity contribution < 1.29 is 0 Å². The highest BCUT2D eigenvalue weighted by Crippen LogP contribution is 2.24. The number of allylic oxidation sites excluding steroid dienone is 1. The topological polar surface area (TPSA) is 0 Å². The van der Waals surface area contributed by atoms with E-state index in [9.17, 15) is 0 Å². The van der Waals surface area contributed by atoms with Crippen LogP contribution < -0.4 is 0 Å². The summed E-state index contributed by atoms with van der Waals surface area (Å²) in [6.45, 7) is 2.21. The van der Waals surface area contributed by atoms with Gasteiger partial charge in [0.2, 0.25) is 0 Å². The molecular weight excluding hydrogens is 259 g/mol. The number of benzene rings is 1. The molecule has 0 saturated heterocycles. The van der Waals surface area contributed by atoms with Crippen LogP contribution in [0.1, 0.15) is 24.5 Å². The van der Waals surface area contributed by atoms with Crippen LogP contribution in [-0.2, 0) is 6.42 Å². The van der Waals surface area contributed by atoms with E-state index in [-0.39, 0.29) is 0 Å². The van der Waals surface area contributed by atoms with Gasteiger partial charge >= 0.3 is 0 Å². The van der Waals surface area contributed by atoms with E-state index in [1.165, 1.54) is 33.1 Å². The Hall–Kier alpha value is -0.310. The largest absolute Gasteiger partial charge is 0.0724 e. The van der Waals surface area contributed by atoms with Crippen LogP contribution in [0, 0.1) is 3.57 Å². The number of hydrogen-bond donors (Lipinski definition) is 0. The molecule has 0 N–H and O–H groups in total. The zero-order valence-electron chi connectivity index (χ0n) is 7.10. The van der Waals surface area contributed by atoms with Crippen LogP contribution in [0.25, 0.3) is 6.08 Å². The summed E-state index contributed by atoms with van der Waals surface area (Å²) in [5.74, 6) is 0. The molecule has 1 heteroatoms. The summed E-state index contributed by atoms with van der Waals surface area (Å²) < 4.78 is 1.35. The molecule has 12 heavy (non-hydrogen) atoms. The van der Waals surface area contributed by atoms with Gasteiger partial charge in [-0.05, 0) is 65.6 Å². The predicted octanol–water partition coefficient (Wildman–Crippen LogP) is 3.64. The summed E-state index contributed by atoms with van der Waals surface area (Å²) in [4.78, 5) is 0. The molecule has 0 fully saturated rings. The van der Waals surface area contributed by atoms with Crippen molar-refractivity contribution >= 4 is 28.7 Å². The second-order valence-electron chi connectivity index (χ2n) is 3.33. The van der Waals surface area contributed by atoms with Gasteiger partial charge in [0.15, 0.2) is 0 Å². The zero-order chi connectivity index (χ0) is 8.55. The molecule has 0 heterocycles. The molecule has 0 amide bonds. The molecule has 0 aliphatic heterocycles. The molecule has 2 rings (SSSR count). The molecule has 1 aromatic rings. The molecule has 0 nitrogen and oxygen atoms in total. The van der Waals surface area contributed by atoms with Gasteiger partial charge < -0.3 is 0 Å². The first-order valence-electron chi connectivity index (χ1n) is 4.21. The van der Waals surface area contributed by atoms with E-state index in [1.54, 1.807) is 0 Å². The number of rotatable bonds is 0. The van der Waals surface area contributed by atoms with Crippen molar-refractivity contribution in [3.8, 4) is 0 Å². The van der Waals surface area contributed by atoms with E-state index in [2.05, 4.69) is 53.8 Å². The van der Waals surface area contributed by atoms with Gasteiger partial charge in [-0.1, -0.05) is 17.7 Å². The van der Waals surface area contributed by atoms with E-state index >= 15 is 0 Å². The van der Waals surface area contributed by atoms with Crippen LogP contribution in [0.4, 0.5) is 0 Å². The van der Waals surface area contributed by atoms with Crippen LogP contribution in [0.5, 0.6) is 0 Å². The van der Waals surface area contributed by atoms with Gasteiger partial charge in [0.05, 0.1) is 0 Å². The van der Waals surface area contributed by atoms with E-state index < -0.39 is 0 Å². The van der Waals surface area contributed by atoms with Crippen LogP contribution >= 0.6 is 22.6 Å². The molecular formula is C11H11I. The van der Waals surface area contributed by atoms with E-state index in [0.717, 1.165) is 0 Å². The van der Waals surface area contributed by atoms with Crippen molar-refractivity contribution in [2.75, 3.05) is 0 Å². The molecule has 1 aliphatic carbocycles. The Morgan fingerprint density at radius 3 is 2.92 bits per heavy atom. The van der Waals surface area contributed by atoms with Gasteiger partial charge in [-0.25, -0.2) is 0 Å². The predicted molar refractivity (Wildman–Crippen MR) is 61.1 cm³/mol. The molecule has 0 saturated carbocycles. The number of aryl methyl sites for hydroxylation is 1. The maximum atomic E-state index is 2.37. The van der Waals surface area contributed by atoms with E-state index in [0.29, 0.717) is 0 Å². The third kappa shape index (κ3) is 1.56. The maximum absolute atomic E-state index is 2.37. The van der Waals surface area contributed by atoms with Gasteiger partial charge in [-0.3, -0.25) is 0 Å². The third-order valence-electron chi connectivity index (χ3n) is 2.30. The van der Waals surface area contributed by atoms with Crippen molar-refractivity contribution in [3.63, 3.8) is 0 Å². The lowest BCUT2D eigenvalue weighted by Gasteiger charge is -2.13. The first kappa shape index (κ1) is 8.30. The van der Waals surface area contributed by atoms with Gasteiger partial charge in [0, 0.05) is 3.57 Å². The van der Waals surface area contributed by atoms with Crippen molar-refractivity contribution in [2.24, 2.45) is 0 Å². The molecule has 1 aromatic carbocycles. The van der Waals surface area contributed by atoms with Crippen LogP contribution in [0.2, 0.25) is 0 Å². The molecule has 0 atom stereocenters. The summed E-state index contributed by atoms with van der Waals surface area (Å²) in [5, 5.41) is 0. The maximum Gasteiger partial charge on any atom is 0.0133 e. The normalized spacial score (nSPS) is 15.3. The summed E-state index contributed by atoms with van der Waals surface area (Å²) in [6.07, 6.45) is 4.75. The first-order chi connectivity index (χ1) is 5.75. The van der Waals surface area contributed by atoms with E-state index in [4.69, 9.17) is 0 Å². The standard InChI is InChI=1S/C11H11I/c1-8-2-3-10-7-11(12)5-4-9(10)6-8/h4-7H,2-3H2,1H3. The van der Waals surface area contributed by atoms with Gasteiger partial charge in [-0.2, -0.15) is 0 Å². The molecule has 1 aliphatic rings. The smallest absolute Gasteiger partial charge is 0.0133 e. The number of hydrogen-bond acceptors (Lipinski definition) is 0. The van der Waals surface area contributed by atoms with Crippen molar-refractivity contribution in [1.29, 1.82) is 0 Å². The Bertz CT molecular complexity index is 337.